The van der Waals surface area contributed by atoms with Crippen LogP contribution in [-0.2, 0) is 0 Å². The number of hydrogen-bond donors (Lipinski definition) is 1. The molecule has 1 saturated heterocycles. The highest BCUT2D eigenvalue weighted by Crippen LogP contribution is 2.24. The van der Waals surface area contributed by atoms with E-state index >= 15 is 0 Å². The molecule has 1 aromatic heterocycles. The van der Waals surface area contributed by atoms with Crippen molar-refractivity contribution in [1.29, 1.82) is 0 Å². The number of aliphatic hydroxyl groups excluding tert-OH is 1. The molecule has 5 heteroatoms. The Kier molecular flexibility index (Phi) is 4.74. The van der Waals surface area contributed by atoms with Crippen LogP contribution in [0.15, 0.2) is 18.3 Å². The highest BCUT2D eigenvalue weighted by molar-refractivity contribution is 5.96. The van der Waals surface area contributed by atoms with Gasteiger partial charge in [-0.2, -0.15) is 0 Å². The fourth-order valence-electron chi connectivity index (χ4n) is 2.59. The summed E-state index contributed by atoms with van der Waals surface area (Å²) in [4.78, 5) is 18.5. The van der Waals surface area contributed by atoms with Gasteiger partial charge in [0, 0.05) is 25.4 Å². The molecule has 1 aliphatic rings. The Morgan fingerprint density at radius 3 is 3.16 bits per heavy atom. The summed E-state index contributed by atoms with van der Waals surface area (Å²) in [6, 6.07) is 3.59. The van der Waals surface area contributed by atoms with Crippen molar-refractivity contribution >= 4 is 5.91 Å². The van der Waals surface area contributed by atoms with E-state index in [2.05, 4.69) is 4.98 Å². The van der Waals surface area contributed by atoms with Crippen LogP contribution in [-0.4, -0.2) is 47.2 Å². The van der Waals surface area contributed by atoms with Crippen molar-refractivity contribution < 1.29 is 14.6 Å². The number of amides is 1. The van der Waals surface area contributed by atoms with Gasteiger partial charge in [0.05, 0.1) is 7.11 Å². The average molecular weight is 264 g/mol. The molecule has 0 bridgehead atoms. The molecule has 5 nitrogen and oxygen atoms in total. The van der Waals surface area contributed by atoms with Crippen molar-refractivity contribution in [3.05, 3.63) is 23.9 Å². The zero-order valence-electron chi connectivity index (χ0n) is 11.2. The molecule has 1 unspecified atom stereocenters. The van der Waals surface area contributed by atoms with Crippen LogP contribution >= 0.6 is 0 Å². The molecule has 0 aromatic carbocycles. The fraction of sp³-hybridized carbons (Fsp3) is 0.571. The molecule has 1 aliphatic heterocycles. The normalized spacial score (nSPS) is 19.3. The molecule has 1 amide bonds. The molecule has 104 valence electrons. The SMILES string of the molecule is COc1ncccc1C(=O)N1CCCCC1CCO. The van der Waals surface area contributed by atoms with Gasteiger partial charge in [0.2, 0.25) is 5.88 Å². The zero-order chi connectivity index (χ0) is 13.7. The largest absolute Gasteiger partial charge is 0.480 e. The van der Waals surface area contributed by atoms with Crippen molar-refractivity contribution in [2.75, 3.05) is 20.3 Å². The van der Waals surface area contributed by atoms with Crippen LogP contribution < -0.4 is 4.74 Å². The van der Waals surface area contributed by atoms with Crippen LogP contribution in [0.25, 0.3) is 0 Å². The molecule has 1 N–H and O–H groups in total. The third-order valence-electron chi connectivity index (χ3n) is 3.55. The Bertz CT molecular complexity index is 434. The fourth-order valence-corrected chi connectivity index (χ4v) is 2.59. The summed E-state index contributed by atoms with van der Waals surface area (Å²) >= 11 is 0. The first kappa shape index (κ1) is 13.8. The van der Waals surface area contributed by atoms with Gasteiger partial charge in [-0.25, -0.2) is 4.98 Å². The lowest BCUT2D eigenvalue weighted by atomic mass is 9.98. The lowest BCUT2D eigenvalue weighted by Crippen LogP contribution is -2.44. The Morgan fingerprint density at radius 2 is 2.42 bits per heavy atom. The second kappa shape index (κ2) is 6.52. The van der Waals surface area contributed by atoms with Crippen LogP contribution in [0.4, 0.5) is 0 Å². The van der Waals surface area contributed by atoms with Gasteiger partial charge in [-0.15, -0.1) is 0 Å². The maximum Gasteiger partial charge on any atom is 0.259 e. The molecular formula is C14H20N2O3. The highest BCUT2D eigenvalue weighted by Gasteiger charge is 2.28. The van der Waals surface area contributed by atoms with Gasteiger partial charge in [-0.05, 0) is 37.8 Å². The smallest absolute Gasteiger partial charge is 0.259 e. The van der Waals surface area contributed by atoms with Crippen molar-refractivity contribution in [2.45, 2.75) is 31.7 Å². The van der Waals surface area contributed by atoms with E-state index in [0.29, 0.717) is 17.9 Å². The molecule has 0 saturated carbocycles. The molecule has 19 heavy (non-hydrogen) atoms. The van der Waals surface area contributed by atoms with Gasteiger partial charge in [-0.1, -0.05) is 0 Å². The average Bonchev–Trinajstić information content (AvgIpc) is 2.47. The summed E-state index contributed by atoms with van der Waals surface area (Å²) in [5, 5.41) is 9.11. The summed E-state index contributed by atoms with van der Waals surface area (Å²) in [6.07, 6.45) is 5.31. The maximum atomic E-state index is 12.6. The molecule has 1 atom stereocenters. The van der Waals surface area contributed by atoms with E-state index in [1.165, 1.54) is 7.11 Å². The highest BCUT2D eigenvalue weighted by atomic mass is 16.5. The van der Waals surface area contributed by atoms with Crippen LogP contribution in [0.3, 0.4) is 0 Å². The minimum atomic E-state index is -0.0527. The number of aromatic nitrogens is 1. The quantitative estimate of drug-likeness (QED) is 0.894. The van der Waals surface area contributed by atoms with Gasteiger partial charge >= 0.3 is 0 Å². The topological polar surface area (TPSA) is 62.7 Å². The zero-order valence-corrected chi connectivity index (χ0v) is 11.2. The maximum absolute atomic E-state index is 12.6. The molecule has 1 aromatic rings. The first-order chi connectivity index (χ1) is 9.27. The van der Waals surface area contributed by atoms with E-state index < -0.39 is 0 Å². The van der Waals surface area contributed by atoms with E-state index in [1.54, 1.807) is 18.3 Å². The van der Waals surface area contributed by atoms with E-state index in [1.807, 2.05) is 4.90 Å². The number of methoxy groups -OCH3 is 1. The number of ether oxygens (including phenoxy) is 1. The summed E-state index contributed by atoms with van der Waals surface area (Å²) in [5.41, 5.74) is 0.495. The van der Waals surface area contributed by atoms with E-state index in [0.717, 1.165) is 25.8 Å². The Labute approximate surface area is 113 Å². The van der Waals surface area contributed by atoms with Crippen molar-refractivity contribution in [1.82, 2.24) is 9.88 Å². The summed E-state index contributed by atoms with van der Waals surface area (Å²) in [7, 11) is 1.51. The number of rotatable bonds is 4. The number of carbonyl (C=O) groups is 1. The predicted molar refractivity (Wildman–Crippen MR) is 71.2 cm³/mol. The van der Waals surface area contributed by atoms with Crippen molar-refractivity contribution in [2.24, 2.45) is 0 Å². The third kappa shape index (κ3) is 3.04. The Balaban J connectivity index is 2.21. The van der Waals surface area contributed by atoms with Gasteiger partial charge in [0.15, 0.2) is 0 Å². The summed E-state index contributed by atoms with van der Waals surface area (Å²) < 4.78 is 5.14. The number of carbonyl (C=O) groups excluding carboxylic acids is 1. The van der Waals surface area contributed by atoms with Crippen LogP contribution in [0.2, 0.25) is 0 Å². The first-order valence-corrected chi connectivity index (χ1v) is 6.68. The van der Waals surface area contributed by atoms with E-state index in [-0.39, 0.29) is 18.6 Å². The standard InChI is InChI=1S/C14H20N2O3/c1-19-13-12(6-4-8-15-13)14(18)16-9-3-2-5-11(16)7-10-17/h4,6,8,11,17H,2-3,5,7,9-10H2,1H3. The minimum absolute atomic E-state index is 0.0527. The lowest BCUT2D eigenvalue weighted by Gasteiger charge is -2.35. The molecule has 1 fully saturated rings. The van der Waals surface area contributed by atoms with Gasteiger partial charge in [-0.3, -0.25) is 4.79 Å². The summed E-state index contributed by atoms with van der Waals surface area (Å²) in [6.45, 7) is 0.847. The summed E-state index contributed by atoms with van der Waals surface area (Å²) in [5.74, 6) is 0.309. The molecule has 0 aliphatic carbocycles. The third-order valence-corrected chi connectivity index (χ3v) is 3.55. The van der Waals surface area contributed by atoms with Crippen molar-refractivity contribution in [3.8, 4) is 5.88 Å². The van der Waals surface area contributed by atoms with Gasteiger partial charge in [0.1, 0.15) is 5.56 Å². The van der Waals surface area contributed by atoms with Gasteiger partial charge in [0.25, 0.3) is 5.91 Å². The Hall–Kier alpha value is -1.62. The molecule has 2 rings (SSSR count). The van der Waals surface area contributed by atoms with Crippen LogP contribution in [0.5, 0.6) is 5.88 Å². The predicted octanol–water partition coefficient (Wildman–Crippen LogP) is 1.47. The second-order valence-corrected chi connectivity index (χ2v) is 4.72. The number of pyridine rings is 1. The monoisotopic (exact) mass is 264 g/mol. The number of nitrogens with zero attached hydrogens (tertiary/aromatic N) is 2. The van der Waals surface area contributed by atoms with Crippen LogP contribution in [0, 0.1) is 0 Å². The molecule has 0 spiro atoms. The second-order valence-electron chi connectivity index (χ2n) is 4.72. The minimum Gasteiger partial charge on any atom is -0.480 e. The Morgan fingerprint density at radius 1 is 1.58 bits per heavy atom. The number of hydrogen-bond acceptors (Lipinski definition) is 4. The van der Waals surface area contributed by atoms with Crippen molar-refractivity contribution in [3.63, 3.8) is 0 Å². The number of piperidine rings is 1. The lowest BCUT2D eigenvalue weighted by molar-refractivity contribution is 0.0570. The number of aliphatic hydroxyl groups is 1. The van der Waals surface area contributed by atoms with E-state index in [4.69, 9.17) is 9.84 Å². The van der Waals surface area contributed by atoms with Crippen LogP contribution in [0.1, 0.15) is 36.0 Å². The molecular weight excluding hydrogens is 244 g/mol. The van der Waals surface area contributed by atoms with Gasteiger partial charge < -0.3 is 14.7 Å². The number of likely N-dealkylation sites (tertiary alicyclic amines) is 1. The molecule has 0 radical (unpaired) electrons. The molecule has 2 heterocycles. The van der Waals surface area contributed by atoms with E-state index in [9.17, 15) is 4.79 Å². The first-order valence-electron chi connectivity index (χ1n) is 6.68.